The third-order valence-corrected chi connectivity index (χ3v) is 6.31. The Morgan fingerprint density at radius 3 is 2.63 bits per heavy atom. The quantitative estimate of drug-likeness (QED) is 0.524. The molecule has 0 saturated carbocycles. The second-order valence-corrected chi connectivity index (χ2v) is 7.83. The van der Waals surface area contributed by atoms with Gasteiger partial charge in [0, 0.05) is 40.6 Å². The summed E-state index contributed by atoms with van der Waals surface area (Å²) in [5.41, 5.74) is 3.57. The Kier molecular flexibility index (Phi) is 4.26. The lowest BCUT2D eigenvalue weighted by atomic mass is 10.0. The molecule has 0 bridgehead atoms. The summed E-state index contributed by atoms with van der Waals surface area (Å²) in [5, 5.41) is 0. The third-order valence-electron chi connectivity index (χ3n) is 5.00. The zero-order valence-electron chi connectivity index (χ0n) is 14.8. The number of nitrogens with zero attached hydrogens (tertiary/aromatic N) is 1. The minimum atomic E-state index is -0.0310. The lowest BCUT2D eigenvalue weighted by molar-refractivity contribution is 0.120. The van der Waals surface area contributed by atoms with Crippen molar-refractivity contribution in [3.8, 4) is 11.3 Å². The minimum absolute atomic E-state index is 0.0310. The van der Waals surface area contributed by atoms with Crippen molar-refractivity contribution in [3.05, 3.63) is 75.9 Å². The lowest BCUT2D eigenvalue weighted by Crippen LogP contribution is -2.36. The highest BCUT2D eigenvalue weighted by atomic mass is 32.2. The SMILES string of the molecule is O=c1cc(-c2cccc3c2Sc2ccccc2C3)oc(N2CCOCC2)c1. The van der Waals surface area contributed by atoms with Crippen LogP contribution in [0, 0.1) is 0 Å². The van der Waals surface area contributed by atoms with Crippen LogP contribution in [0.15, 0.2) is 73.6 Å². The summed E-state index contributed by atoms with van der Waals surface area (Å²) in [5.74, 6) is 1.26. The topological polar surface area (TPSA) is 42.7 Å². The molecule has 1 aromatic heterocycles. The molecular weight excluding hydrogens is 358 g/mol. The average molecular weight is 377 g/mol. The van der Waals surface area contributed by atoms with Gasteiger partial charge in [-0.3, -0.25) is 4.79 Å². The second-order valence-electron chi connectivity index (χ2n) is 6.78. The van der Waals surface area contributed by atoms with E-state index < -0.39 is 0 Å². The second kappa shape index (κ2) is 6.91. The van der Waals surface area contributed by atoms with Gasteiger partial charge in [-0.25, -0.2) is 0 Å². The molecule has 0 aliphatic carbocycles. The molecular formula is C22H19NO3S. The Morgan fingerprint density at radius 2 is 1.74 bits per heavy atom. The maximum Gasteiger partial charge on any atom is 0.200 e. The fraction of sp³-hybridized carbons (Fsp3) is 0.227. The molecule has 0 radical (unpaired) electrons. The van der Waals surface area contributed by atoms with Crippen LogP contribution < -0.4 is 10.3 Å². The highest BCUT2D eigenvalue weighted by Gasteiger charge is 2.21. The van der Waals surface area contributed by atoms with Crippen molar-refractivity contribution in [2.75, 3.05) is 31.2 Å². The molecule has 1 saturated heterocycles. The van der Waals surface area contributed by atoms with E-state index in [4.69, 9.17) is 9.15 Å². The van der Waals surface area contributed by atoms with E-state index in [-0.39, 0.29) is 5.43 Å². The van der Waals surface area contributed by atoms with Crippen LogP contribution in [0.4, 0.5) is 5.88 Å². The van der Waals surface area contributed by atoms with Crippen molar-refractivity contribution in [1.82, 2.24) is 0 Å². The van der Waals surface area contributed by atoms with Crippen molar-refractivity contribution >= 4 is 17.6 Å². The summed E-state index contributed by atoms with van der Waals surface area (Å²) in [4.78, 5) is 16.9. The van der Waals surface area contributed by atoms with Gasteiger partial charge in [0.05, 0.1) is 13.2 Å². The van der Waals surface area contributed by atoms with Gasteiger partial charge >= 0.3 is 0 Å². The molecule has 0 N–H and O–H groups in total. The summed E-state index contributed by atoms with van der Waals surface area (Å²) in [6.45, 7) is 2.78. The van der Waals surface area contributed by atoms with Crippen LogP contribution in [0.3, 0.4) is 0 Å². The summed E-state index contributed by atoms with van der Waals surface area (Å²) in [6, 6.07) is 17.9. The highest BCUT2D eigenvalue weighted by Crippen LogP contribution is 2.44. The van der Waals surface area contributed by atoms with E-state index in [0.717, 1.165) is 25.1 Å². The molecule has 3 aromatic rings. The normalized spacial score (nSPS) is 15.9. The van der Waals surface area contributed by atoms with Gasteiger partial charge in [0.1, 0.15) is 5.76 Å². The van der Waals surface area contributed by atoms with E-state index in [1.807, 2.05) is 12.1 Å². The van der Waals surface area contributed by atoms with E-state index in [1.165, 1.54) is 20.9 Å². The fourth-order valence-electron chi connectivity index (χ4n) is 3.64. The Hall–Kier alpha value is -2.50. The third kappa shape index (κ3) is 3.17. The van der Waals surface area contributed by atoms with Gasteiger partial charge < -0.3 is 14.1 Å². The van der Waals surface area contributed by atoms with Gasteiger partial charge in [-0.05, 0) is 23.6 Å². The first-order valence-electron chi connectivity index (χ1n) is 9.14. The van der Waals surface area contributed by atoms with Crippen LogP contribution in [0.5, 0.6) is 0 Å². The molecule has 5 rings (SSSR count). The van der Waals surface area contributed by atoms with Crippen molar-refractivity contribution in [3.63, 3.8) is 0 Å². The first-order valence-corrected chi connectivity index (χ1v) is 9.95. The number of anilines is 1. The van der Waals surface area contributed by atoms with Crippen molar-refractivity contribution in [1.29, 1.82) is 0 Å². The summed E-state index contributed by atoms with van der Waals surface area (Å²) in [6.07, 6.45) is 0.903. The molecule has 0 amide bonds. The van der Waals surface area contributed by atoms with Crippen LogP contribution in [0.1, 0.15) is 11.1 Å². The molecule has 3 heterocycles. The summed E-state index contributed by atoms with van der Waals surface area (Å²) in [7, 11) is 0. The number of hydrogen-bond acceptors (Lipinski definition) is 5. The van der Waals surface area contributed by atoms with Gasteiger partial charge in [0.15, 0.2) is 11.3 Å². The molecule has 27 heavy (non-hydrogen) atoms. The molecule has 0 atom stereocenters. The van der Waals surface area contributed by atoms with Crippen molar-refractivity contribution in [2.45, 2.75) is 16.2 Å². The average Bonchev–Trinajstić information content (AvgIpc) is 2.72. The first-order chi connectivity index (χ1) is 13.3. The maximum atomic E-state index is 12.4. The monoisotopic (exact) mass is 377 g/mol. The molecule has 2 aliphatic heterocycles. The van der Waals surface area contributed by atoms with Gasteiger partial charge in [0.2, 0.25) is 0 Å². The van der Waals surface area contributed by atoms with Crippen LogP contribution >= 0.6 is 11.8 Å². The maximum absolute atomic E-state index is 12.4. The highest BCUT2D eigenvalue weighted by molar-refractivity contribution is 7.99. The molecule has 5 heteroatoms. The fourth-order valence-corrected chi connectivity index (χ4v) is 4.83. The van der Waals surface area contributed by atoms with Crippen LogP contribution in [0.2, 0.25) is 0 Å². The zero-order valence-corrected chi connectivity index (χ0v) is 15.6. The van der Waals surface area contributed by atoms with E-state index >= 15 is 0 Å². The van der Waals surface area contributed by atoms with Crippen LogP contribution in [-0.2, 0) is 11.2 Å². The van der Waals surface area contributed by atoms with Crippen molar-refractivity contribution < 1.29 is 9.15 Å². The first kappa shape index (κ1) is 16.7. The predicted molar refractivity (Wildman–Crippen MR) is 107 cm³/mol. The number of fused-ring (bicyclic) bond motifs is 2. The summed E-state index contributed by atoms with van der Waals surface area (Å²) >= 11 is 1.76. The standard InChI is InChI=1S/C22H19NO3S/c24-17-13-19(26-21(14-17)23-8-10-25-11-9-23)18-6-3-5-16-12-15-4-1-2-7-20(15)27-22(16)18/h1-7,13-14H,8-12H2. The Bertz CT molecular complexity index is 1050. The van der Waals surface area contributed by atoms with Gasteiger partial charge in [0.25, 0.3) is 0 Å². The molecule has 1 fully saturated rings. The number of hydrogen-bond donors (Lipinski definition) is 0. The van der Waals surface area contributed by atoms with E-state index in [0.29, 0.717) is 24.9 Å². The Labute approximate surface area is 161 Å². The van der Waals surface area contributed by atoms with Gasteiger partial charge in [-0.1, -0.05) is 48.2 Å². The summed E-state index contributed by atoms with van der Waals surface area (Å²) < 4.78 is 11.6. The van der Waals surface area contributed by atoms with Crippen LogP contribution in [-0.4, -0.2) is 26.3 Å². The molecule has 4 nitrogen and oxygen atoms in total. The molecule has 0 unspecified atom stereocenters. The van der Waals surface area contributed by atoms with E-state index in [1.54, 1.807) is 23.9 Å². The van der Waals surface area contributed by atoms with E-state index in [2.05, 4.69) is 35.2 Å². The van der Waals surface area contributed by atoms with Gasteiger partial charge in [-0.15, -0.1) is 0 Å². The Morgan fingerprint density at radius 1 is 0.926 bits per heavy atom. The number of benzene rings is 2. The Balaban J connectivity index is 1.58. The van der Waals surface area contributed by atoms with Crippen molar-refractivity contribution in [2.24, 2.45) is 0 Å². The largest absolute Gasteiger partial charge is 0.440 e. The molecule has 2 aliphatic rings. The predicted octanol–water partition coefficient (Wildman–Crippen LogP) is 4.20. The molecule has 2 aromatic carbocycles. The molecule has 136 valence electrons. The van der Waals surface area contributed by atoms with E-state index in [9.17, 15) is 4.79 Å². The lowest BCUT2D eigenvalue weighted by Gasteiger charge is -2.27. The number of ether oxygens (including phenoxy) is 1. The molecule has 0 spiro atoms. The smallest absolute Gasteiger partial charge is 0.200 e. The number of rotatable bonds is 2. The minimum Gasteiger partial charge on any atom is -0.440 e. The number of morpholine rings is 1. The van der Waals surface area contributed by atoms with Crippen LogP contribution in [0.25, 0.3) is 11.3 Å². The van der Waals surface area contributed by atoms with Gasteiger partial charge in [-0.2, -0.15) is 0 Å². The zero-order chi connectivity index (χ0) is 18.2.